The SMILES string of the molecule is Cc1c(C#N)c2c(N)ncnn2c1-c1ccccc1. The minimum Gasteiger partial charge on any atom is -0.382 e. The fourth-order valence-corrected chi connectivity index (χ4v) is 2.30. The van der Waals surface area contributed by atoms with E-state index < -0.39 is 0 Å². The number of anilines is 1. The molecule has 5 heteroatoms. The van der Waals surface area contributed by atoms with Crippen LogP contribution in [0.1, 0.15) is 11.1 Å². The van der Waals surface area contributed by atoms with Crippen LogP contribution < -0.4 is 5.73 Å². The number of nitrogens with two attached hydrogens (primary N) is 1. The summed E-state index contributed by atoms with van der Waals surface area (Å²) in [6.07, 6.45) is 1.40. The molecule has 3 aromatic rings. The van der Waals surface area contributed by atoms with Gasteiger partial charge < -0.3 is 5.73 Å². The molecular formula is C14H11N5. The minimum absolute atomic E-state index is 0.317. The van der Waals surface area contributed by atoms with Gasteiger partial charge in [-0.3, -0.25) is 0 Å². The summed E-state index contributed by atoms with van der Waals surface area (Å²) in [5.41, 5.74) is 9.70. The zero-order valence-corrected chi connectivity index (χ0v) is 10.3. The third-order valence-corrected chi connectivity index (χ3v) is 3.16. The van der Waals surface area contributed by atoms with Crippen molar-refractivity contribution in [2.24, 2.45) is 0 Å². The van der Waals surface area contributed by atoms with E-state index in [-0.39, 0.29) is 0 Å². The monoisotopic (exact) mass is 249 g/mol. The molecule has 2 heterocycles. The Labute approximate surface area is 109 Å². The van der Waals surface area contributed by atoms with Crippen LogP contribution in [0.25, 0.3) is 16.8 Å². The number of aromatic nitrogens is 3. The highest BCUT2D eigenvalue weighted by Crippen LogP contribution is 2.31. The van der Waals surface area contributed by atoms with Crippen LogP contribution >= 0.6 is 0 Å². The van der Waals surface area contributed by atoms with Gasteiger partial charge in [-0.2, -0.15) is 10.4 Å². The van der Waals surface area contributed by atoms with Crippen LogP contribution in [0.15, 0.2) is 36.7 Å². The Kier molecular flexibility index (Phi) is 2.43. The van der Waals surface area contributed by atoms with Crippen molar-refractivity contribution in [2.75, 3.05) is 5.73 Å². The highest BCUT2D eigenvalue weighted by Gasteiger charge is 2.19. The normalized spacial score (nSPS) is 10.5. The lowest BCUT2D eigenvalue weighted by Gasteiger charge is -2.03. The quantitative estimate of drug-likeness (QED) is 0.716. The zero-order chi connectivity index (χ0) is 13.4. The summed E-state index contributed by atoms with van der Waals surface area (Å²) in [7, 11) is 0. The molecule has 0 spiro atoms. The molecule has 0 aliphatic carbocycles. The lowest BCUT2D eigenvalue weighted by Crippen LogP contribution is -2.00. The van der Waals surface area contributed by atoms with Gasteiger partial charge in [-0.25, -0.2) is 9.50 Å². The van der Waals surface area contributed by atoms with Gasteiger partial charge in [0.25, 0.3) is 0 Å². The molecule has 2 N–H and O–H groups in total. The first-order chi connectivity index (χ1) is 9.24. The average molecular weight is 249 g/mol. The lowest BCUT2D eigenvalue weighted by atomic mass is 10.1. The number of fused-ring (bicyclic) bond motifs is 1. The van der Waals surface area contributed by atoms with E-state index in [1.807, 2.05) is 37.3 Å². The van der Waals surface area contributed by atoms with E-state index in [1.165, 1.54) is 6.33 Å². The zero-order valence-electron chi connectivity index (χ0n) is 10.3. The number of nitrogen functional groups attached to an aromatic ring is 1. The second-order valence-corrected chi connectivity index (χ2v) is 4.23. The number of nitrogens with zero attached hydrogens (tertiary/aromatic N) is 4. The van der Waals surface area contributed by atoms with E-state index in [0.717, 1.165) is 16.8 Å². The summed E-state index contributed by atoms with van der Waals surface area (Å²) in [5.74, 6) is 0.317. The maximum absolute atomic E-state index is 9.33. The molecule has 0 radical (unpaired) electrons. The Morgan fingerprint density at radius 2 is 2.00 bits per heavy atom. The summed E-state index contributed by atoms with van der Waals surface area (Å²) < 4.78 is 1.69. The van der Waals surface area contributed by atoms with Crippen molar-refractivity contribution in [3.63, 3.8) is 0 Å². The number of rotatable bonds is 1. The van der Waals surface area contributed by atoms with E-state index >= 15 is 0 Å². The van der Waals surface area contributed by atoms with Gasteiger partial charge in [0.15, 0.2) is 5.82 Å². The molecule has 0 saturated heterocycles. The standard InChI is InChI=1S/C14H11N5/c1-9-11(7-15)13-14(16)17-8-18-19(13)12(9)10-5-3-2-4-6-10/h2-6,8H,1H3,(H2,16,17,18). The van der Waals surface area contributed by atoms with E-state index in [2.05, 4.69) is 16.2 Å². The highest BCUT2D eigenvalue weighted by atomic mass is 15.3. The molecule has 0 amide bonds. The van der Waals surface area contributed by atoms with Crippen molar-refractivity contribution in [1.82, 2.24) is 14.6 Å². The largest absolute Gasteiger partial charge is 0.382 e. The maximum Gasteiger partial charge on any atom is 0.152 e. The van der Waals surface area contributed by atoms with E-state index in [4.69, 9.17) is 5.73 Å². The molecule has 19 heavy (non-hydrogen) atoms. The second-order valence-electron chi connectivity index (χ2n) is 4.23. The number of nitriles is 1. The minimum atomic E-state index is 0.317. The molecule has 0 aliphatic rings. The number of benzene rings is 1. The maximum atomic E-state index is 9.33. The predicted octanol–water partition coefficient (Wildman–Crippen LogP) is 2.16. The molecule has 0 unspecified atom stereocenters. The first-order valence-corrected chi connectivity index (χ1v) is 5.81. The van der Waals surface area contributed by atoms with Gasteiger partial charge in [0.05, 0.1) is 11.3 Å². The summed E-state index contributed by atoms with van der Waals surface area (Å²) in [5, 5.41) is 13.5. The summed E-state index contributed by atoms with van der Waals surface area (Å²) in [6, 6.07) is 12.0. The average Bonchev–Trinajstić information content (AvgIpc) is 2.73. The molecule has 5 nitrogen and oxygen atoms in total. The number of hydrogen-bond acceptors (Lipinski definition) is 4. The summed E-state index contributed by atoms with van der Waals surface area (Å²) in [4.78, 5) is 3.96. The smallest absolute Gasteiger partial charge is 0.152 e. The Bertz CT molecular complexity index is 796. The van der Waals surface area contributed by atoms with Gasteiger partial charge >= 0.3 is 0 Å². The molecule has 0 bridgehead atoms. The van der Waals surface area contributed by atoms with Crippen LogP contribution in [0.5, 0.6) is 0 Å². The molecular weight excluding hydrogens is 238 g/mol. The van der Waals surface area contributed by atoms with Gasteiger partial charge in [0.2, 0.25) is 0 Å². The van der Waals surface area contributed by atoms with Crippen molar-refractivity contribution in [3.8, 4) is 17.3 Å². The Morgan fingerprint density at radius 3 is 2.68 bits per heavy atom. The van der Waals surface area contributed by atoms with Crippen molar-refractivity contribution in [2.45, 2.75) is 6.92 Å². The lowest BCUT2D eigenvalue weighted by molar-refractivity contribution is 0.912. The third kappa shape index (κ3) is 1.54. The predicted molar refractivity (Wildman–Crippen MR) is 72.3 cm³/mol. The molecule has 0 atom stereocenters. The van der Waals surface area contributed by atoms with Gasteiger partial charge in [0.1, 0.15) is 17.9 Å². The van der Waals surface area contributed by atoms with Crippen LogP contribution in [0.3, 0.4) is 0 Å². The van der Waals surface area contributed by atoms with Crippen LogP contribution in [-0.2, 0) is 0 Å². The Hall–Kier alpha value is -2.87. The van der Waals surface area contributed by atoms with E-state index in [0.29, 0.717) is 16.9 Å². The highest BCUT2D eigenvalue weighted by molar-refractivity contribution is 5.83. The third-order valence-electron chi connectivity index (χ3n) is 3.16. The second kappa shape index (κ2) is 4.10. The summed E-state index contributed by atoms with van der Waals surface area (Å²) >= 11 is 0. The van der Waals surface area contributed by atoms with Gasteiger partial charge in [-0.05, 0) is 12.5 Å². The number of hydrogen-bond donors (Lipinski definition) is 1. The van der Waals surface area contributed by atoms with Gasteiger partial charge in [-0.15, -0.1) is 0 Å². The van der Waals surface area contributed by atoms with Gasteiger partial charge in [-0.1, -0.05) is 30.3 Å². The Balaban J connectivity index is 2.48. The van der Waals surface area contributed by atoms with Crippen LogP contribution in [0.4, 0.5) is 5.82 Å². The van der Waals surface area contributed by atoms with E-state index in [9.17, 15) is 5.26 Å². The molecule has 0 saturated carbocycles. The van der Waals surface area contributed by atoms with E-state index in [1.54, 1.807) is 4.52 Å². The van der Waals surface area contributed by atoms with Crippen LogP contribution in [0.2, 0.25) is 0 Å². The van der Waals surface area contributed by atoms with Gasteiger partial charge in [0, 0.05) is 5.56 Å². The fourth-order valence-electron chi connectivity index (χ4n) is 2.30. The van der Waals surface area contributed by atoms with Crippen LogP contribution in [0, 0.1) is 18.3 Å². The molecule has 0 fully saturated rings. The van der Waals surface area contributed by atoms with Crippen molar-refractivity contribution >= 4 is 11.3 Å². The first kappa shape index (κ1) is 11.2. The topological polar surface area (TPSA) is 80.0 Å². The van der Waals surface area contributed by atoms with Crippen molar-refractivity contribution < 1.29 is 0 Å². The molecule has 0 aliphatic heterocycles. The fraction of sp³-hybridized carbons (Fsp3) is 0.0714. The van der Waals surface area contributed by atoms with Crippen molar-refractivity contribution in [1.29, 1.82) is 5.26 Å². The van der Waals surface area contributed by atoms with Crippen molar-refractivity contribution in [3.05, 3.63) is 47.8 Å². The first-order valence-electron chi connectivity index (χ1n) is 5.81. The van der Waals surface area contributed by atoms with Crippen LogP contribution in [-0.4, -0.2) is 14.6 Å². The summed E-state index contributed by atoms with van der Waals surface area (Å²) in [6.45, 7) is 1.90. The molecule has 1 aromatic carbocycles. The molecule has 92 valence electrons. The molecule has 3 rings (SSSR count). The molecule has 2 aromatic heterocycles. The Morgan fingerprint density at radius 1 is 1.26 bits per heavy atom.